The van der Waals surface area contributed by atoms with Crippen molar-refractivity contribution in [3.63, 3.8) is 0 Å². The Morgan fingerprint density at radius 1 is 1.08 bits per heavy atom. The average Bonchev–Trinajstić information content (AvgIpc) is 3.13. The van der Waals surface area contributed by atoms with Gasteiger partial charge in [0.25, 0.3) is 0 Å². The standard InChI is InChI=1S/C20H18ClN3O/c21-11-20(25)24(13-14-8-9-15-4-3-5-16(15)10-14)19-12-22-17-6-1-2-7-18(17)23-19/h1-2,6-10,12H,3-5,11,13H2. The molecule has 4 nitrogen and oxygen atoms in total. The van der Waals surface area contributed by atoms with Gasteiger partial charge in [0.05, 0.1) is 23.8 Å². The van der Waals surface area contributed by atoms with E-state index in [0.29, 0.717) is 12.4 Å². The first kappa shape index (κ1) is 16.0. The number of hydrogen-bond donors (Lipinski definition) is 0. The van der Waals surface area contributed by atoms with Crippen LogP contribution in [0.5, 0.6) is 0 Å². The van der Waals surface area contributed by atoms with Gasteiger partial charge in [0, 0.05) is 0 Å². The van der Waals surface area contributed by atoms with E-state index in [9.17, 15) is 4.79 Å². The van der Waals surface area contributed by atoms with Crippen LogP contribution in [0.15, 0.2) is 48.7 Å². The number of nitrogens with zero attached hydrogens (tertiary/aromatic N) is 3. The third-order valence-corrected chi connectivity index (χ3v) is 4.86. The Morgan fingerprint density at radius 2 is 1.88 bits per heavy atom. The van der Waals surface area contributed by atoms with Gasteiger partial charge in [-0.25, -0.2) is 4.98 Å². The van der Waals surface area contributed by atoms with Gasteiger partial charge in [-0.3, -0.25) is 14.7 Å². The van der Waals surface area contributed by atoms with Crippen molar-refractivity contribution in [3.05, 3.63) is 65.4 Å². The van der Waals surface area contributed by atoms with E-state index in [4.69, 9.17) is 11.6 Å². The van der Waals surface area contributed by atoms with Gasteiger partial charge in [-0.2, -0.15) is 0 Å². The molecule has 1 aromatic heterocycles. The van der Waals surface area contributed by atoms with Crippen LogP contribution in [-0.4, -0.2) is 21.8 Å². The quantitative estimate of drug-likeness (QED) is 0.670. The van der Waals surface area contributed by atoms with E-state index >= 15 is 0 Å². The molecule has 0 aliphatic heterocycles. The van der Waals surface area contributed by atoms with Gasteiger partial charge in [0.15, 0.2) is 5.82 Å². The number of aromatic nitrogens is 2. The van der Waals surface area contributed by atoms with Crippen LogP contribution >= 0.6 is 11.6 Å². The number of amides is 1. The zero-order valence-electron chi connectivity index (χ0n) is 13.8. The van der Waals surface area contributed by atoms with Crippen LogP contribution in [0, 0.1) is 0 Å². The fourth-order valence-corrected chi connectivity index (χ4v) is 3.50. The fraction of sp³-hybridized carbons (Fsp3) is 0.250. The Bertz CT molecular complexity index is 941. The number of fused-ring (bicyclic) bond motifs is 2. The molecule has 1 amide bonds. The number of alkyl halides is 1. The topological polar surface area (TPSA) is 46.1 Å². The maximum atomic E-state index is 12.4. The molecule has 0 spiro atoms. The molecule has 1 heterocycles. The lowest BCUT2D eigenvalue weighted by Gasteiger charge is -2.21. The van der Waals surface area contributed by atoms with Crippen molar-refractivity contribution >= 4 is 34.4 Å². The molecule has 0 radical (unpaired) electrons. The molecule has 0 saturated carbocycles. The minimum absolute atomic E-state index is 0.0839. The molecule has 3 aromatic rings. The van der Waals surface area contributed by atoms with Crippen molar-refractivity contribution in [1.29, 1.82) is 0 Å². The third-order valence-electron chi connectivity index (χ3n) is 4.63. The van der Waals surface area contributed by atoms with Gasteiger partial charge in [-0.1, -0.05) is 30.3 Å². The van der Waals surface area contributed by atoms with Gasteiger partial charge in [0.1, 0.15) is 5.88 Å². The van der Waals surface area contributed by atoms with Gasteiger partial charge in [-0.15, -0.1) is 11.6 Å². The van der Waals surface area contributed by atoms with Crippen molar-refractivity contribution in [2.75, 3.05) is 10.8 Å². The molecule has 126 valence electrons. The summed E-state index contributed by atoms with van der Waals surface area (Å²) >= 11 is 5.84. The molecular weight excluding hydrogens is 334 g/mol. The highest BCUT2D eigenvalue weighted by Crippen LogP contribution is 2.25. The average molecular weight is 352 g/mol. The molecule has 25 heavy (non-hydrogen) atoms. The molecule has 0 saturated heterocycles. The van der Waals surface area contributed by atoms with Crippen molar-refractivity contribution in [2.24, 2.45) is 0 Å². The molecule has 1 aliphatic rings. The SMILES string of the molecule is O=C(CCl)N(Cc1ccc2c(c1)CCC2)c1cnc2ccccc2n1. The monoisotopic (exact) mass is 351 g/mol. The van der Waals surface area contributed by atoms with Crippen LogP contribution in [-0.2, 0) is 24.2 Å². The predicted octanol–water partition coefficient (Wildman–Crippen LogP) is 3.89. The summed E-state index contributed by atoms with van der Waals surface area (Å²) in [7, 11) is 0. The lowest BCUT2D eigenvalue weighted by molar-refractivity contribution is -0.116. The summed E-state index contributed by atoms with van der Waals surface area (Å²) in [5.41, 5.74) is 5.47. The number of benzene rings is 2. The molecule has 0 bridgehead atoms. The Kier molecular flexibility index (Phi) is 4.36. The molecule has 0 fully saturated rings. The summed E-state index contributed by atoms with van der Waals surface area (Å²) in [5, 5.41) is 0. The van der Waals surface area contributed by atoms with Crippen molar-refractivity contribution < 1.29 is 4.79 Å². The Morgan fingerprint density at radius 3 is 2.72 bits per heavy atom. The first-order valence-electron chi connectivity index (χ1n) is 8.43. The number of anilines is 1. The van der Waals surface area contributed by atoms with Crippen molar-refractivity contribution in [3.8, 4) is 0 Å². The first-order valence-corrected chi connectivity index (χ1v) is 8.97. The maximum Gasteiger partial charge on any atom is 0.243 e. The van der Waals surface area contributed by atoms with Crippen LogP contribution in [0.2, 0.25) is 0 Å². The second-order valence-corrected chi connectivity index (χ2v) is 6.55. The third kappa shape index (κ3) is 3.22. The first-order chi connectivity index (χ1) is 12.2. The van der Waals surface area contributed by atoms with Crippen molar-refractivity contribution in [1.82, 2.24) is 9.97 Å². The second-order valence-electron chi connectivity index (χ2n) is 6.29. The van der Waals surface area contributed by atoms with Gasteiger partial charge in [0.2, 0.25) is 5.91 Å². The van der Waals surface area contributed by atoms with Crippen molar-refractivity contribution in [2.45, 2.75) is 25.8 Å². The summed E-state index contributed by atoms with van der Waals surface area (Å²) < 4.78 is 0. The molecule has 0 unspecified atom stereocenters. The summed E-state index contributed by atoms with van der Waals surface area (Å²) in [6.07, 6.45) is 5.11. The zero-order chi connectivity index (χ0) is 17.2. The highest BCUT2D eigenvalue weighted by Gasteiger charge is 2.19. The molecular formula is C20H18ClN3O. The number of carbonyl (C=O) groups is 1. The number of rotatable bonds is 4. The highest BCUT2D eigenvalue weighted by atomic mass is 35.5. The predicted molar refractivity (Wildman–Crippen MR) is 99.9 cm³/mol. The minimum Gasteiger partial charge on any atom is -0.290 e. The second kappa shape index (κ2) is 6.81. The normalized spacial score (nSPS) is 13.0. The van der Waals surface area contributed by atoms with E-state index in [1.54, 1.807) is 11.1 Å². The summed E-state index contributed by atoms with van der Waals surface area (Å²) in [5.74, 6) is 0.274. The number of hydrogen-bond acceptors (Lipinski definition) is 3. The van der Waals surface area contributed by atoms with Gasteiger partial charge >= 0.3 is 0 Å². The van der Waals surface area contributed by atoms with E-state index in [1.165, 1.54) is 17.5 Å². The smallest absolute Gasteiger partial charge is 0.243 e. The van der Waals surface area contributed by atoms with E-state index in [0.717, 1.165) is 29.4 Å². The molecule has 2 aromatic carbocycles. The van der Waals surface area contributed by atoms with Crippen LogP contribution in [0.1, 0.15) is 23.1 Å². The lowest BCUT2D eigenvalue weighted by Crippen LogP contribution is -2.32. The number of aryl methyl sites for hydroxylation is 2. The molecule has 5 heteroatoms. The van der Waals surface area contributed by atoms with Crippen LogP contribution in [0.25, 0.3) is 11.0 Å². The summed E-state index contributed by atoms with van der Waals surface area (Å²) in [6.45, 7) is 0.450. The van der Waals surface area contributed by atoms with Crippen LogP contribution < -0.4 is 4.90 Å². The maximum absolute atomic E-state index is 12.4. The summed E-state index contributed by atoms with van der Waals surface area (Å²) in [6, 6.07) is 14.1. The number of halogens is 1. The Balaban J connectivity index is 1.68. The number of carbonyl (C=O) groups excluding carboxylic acids is 1. The number of para-hydroxylation sites is 2. The summed E-state index contributed by atoms with van der Waals surface area (Å²) in [4.78, 5) is 23.0. The van der Waals surface area contributed by atoms with E-state index < -0.39 is 0 Å². The van der Waals surface area contributed by atoms with Crippen LogP contribution in [0.4, 0.5) is 5.82 Å². The van der Waals surface area contributed by atoms with Crippen LogP contribution in [0.3, 0.4) is 0 Å². The molecule has 1 aliphatic carbocycles. The minimum atomic E-state index is -0.174. The Hall–Kier alpha value is -2.46. The zero-order valence-corrected chi connectivity index (χ0v) is 14.5. The molecule has 0 N–H and O–H groups in total. The Labute approximate surface area is 151 Å². The molecule has 4 rings (SSSR count). The van der Waals surface area contributed by atoms with E-state index in [-0.39, 0.29) is 11.8 Å². The van der Waals surface area contributed by atoms with E-state index in [1.807, 2.05) is 24.3 Å². The van der Waals surface area contributed by atoms with E-state index in [2.05, 4.69) is 28.2 Å². The lowest BCUT2D eigenvalue weighted by atomic mass is 10.1. The van der Waals surface area contributed by atoms with Gasteiger partial charge in [-0.05, 0) is 48.1 Å². The highest BCUT2D eigenvalue weighted by molar-refractivity contribution is 6.29. The van der Waals surface area contributed by atoms with Gasteiger partial charge < -0.3 is 0 Å². The largest absolute Gasteiger partial charge is 0.290 e. The fourth-order valence-electron chi connectivity index (χ4n) is 3.35. The molecule has 0 atom stereocenters.